The van der Waals surface area contributed by atoms with E-state index in [1.807, 2.05) is 6.92 Å². The number of hydrogen-bond acceptors (Lipinski definition) is 4. The summed E-state index contributed by atoms with van der Waals surface area (Å²) in [5, 5.41) is 12.6. The van der Waals surface area contributed by atoms with E-state index >= 15 is 0 Å². The topological polar surface area (TPSA) is 96.7 Å². The minimum Gasteiger partial charge on any atom is -0.344 e. The molecule has 1 atom stereocenters. The number of amides is 1. The smallest absolute Gasteiger partial charge is 0.273 e. The van der Waals surface area contributed by atoms with E-state index in [1.165, 1.54) is 6.20 Å². The van der Waals surface area contributed by atoms with Gasteiger partial charge in [0.05, 0.1) is 11.7 Å². The van der Waals surface area contributed by atoms with Crippen LogP contribution in [0.5, 0.6) is 0 Å². The maximum atomic E-state index is 11.8. The highest BCUT2D eigenvalue weighted by atomic mass is 16.2. The number of carbonyl (C=O) groups excluding carboxylic acids is 1. The van der Waals surface area contributed by atoms with Gasteiger partial charge in [0.1, 0.15) is 0 Å². The Hall–Kier alpha value is -1.43. The Kier molecular flexibility index (Phi) is 4.00. The van der Waals surface area contributed by atoms with Gasteiger partial charge in [-0.15, -0.1) is 0 Å². The number of aromatic amines is 1. The second-order valence-electron chi connectivity index (χ2n) is 4.67. The summed E-state index contributed by atoms with van der Waals surface area (Å²) in [6.07, 6.45) is 2.22. The van der Waals surface area contributed by atoms with E-state index in [-0.39, 0.29) is 11.6 Å². The zero-order chi connectivity index (χ0) is 12.2. The van der Waals surface area contributed by atoms with Gasteiger partial charge in [0.2, 0.25) is 0 Å². The van der Waals surface area contributed by atoms with Gasteiger partial charge >= 0.3 is 0 Å². The number of hydrogen-bond donors (Lipinski definition) is 3. The molecule has 0 aromatic carbocycles. The van der Waals surface area contributed by atoms with Crippen LogP contribution in [0.2, 0.25) is 0 Å². The average molecular weight is 225 g/mol. The number of nitrogens with zero attached hydrogens (tertiary/aromatic N) is 2. The fourth-order valence-electron chi connectivity index (χ4n) is 1.74. The summed E-state index contributed by atoms with van der Waals surface area (Å²) in [7, 11) is 0. The van der Waals surface area contributed by atoms with Crippen molar-refractivity contribution in [3.05, 3.63) is 11.9 Å². The van der Waals surface area contributed by atoms with E-state index in [2.05, 4.69) is 34.6 Å². The molecule has 1 aromatic heterocycles. The number of nitrogens with one attached hydrogen (secondary N) is 2. The van der Waals surface area contributed by atoms with Crippen molar-refractivity contribution in [2.24, 2.45) is 11.7 Å². The SMILES string of the molecule is CC(C)CC(C)(CN)NC(=O)c1cn[nH]n1. The molecule has 4 N–H and O–H groups in total. The Morgan fingerprint density at radius 3 is 2.81 bits per heavy atom. The molecule has 6 heteroatoms. The van der Waals surface area contributed by atoms with Crippen LogP contribution < -0.4 is 11.1 Å². The predicted octanol–water partition coefficient (Wildman–Crippen LogP) is 0.298. The Morgan fingerprint density at radius 1 is 1.69 bits per heavy atom. The van der Waals surface area contributed by atoms with E-state index in [0.29, 0.717) is 12.5 Å². The van der Waals surface area contributed by atoms with E-state index in [0.717, 1.165) is 6.42 Å². The van der Waals surface area contributed by atoms with E-state index < -0.39 is 5.54 Å². The molecule has 1 rings (SSSR count). The third-order valence-corrected chi connectivity index (χ3v) is 2.37. The molecule has 0 saturated carbocycles. The number of H-pyrrole nitrogens is 1. The molecule has 6 nitrogen and oxygen atoms in total. The second-order valence-corrected chi connectivity index (χ2v) is 4.67. The summed E-state index contributed by atoms with van der Waals surface area (Å²) in [6.45, 7) is 6.52. The van der Waals surface area contributed by atoms with Crippen molar-refractivity contribution in [3.63, 3.8) is 0 Å². The number of rotatable bonds is 5. The maximum absolute atomic E-state index is 11.8. The first-order valence-electron chi connectivity index (χ1n) is 5.35. The molecule has 90 valence electrons. The number of carbonyl (C=O) groups is 1. The molecule has 16 heavy (non-hydrogen) atoms. The van der Waals surface area contributed by atoms with Crippen LogP contribution >= 0.6 is 0 Å². The van der Waals surface area contributed by atoms with Gasteiger partial charge in [-0.3, -0.25) is 4.79 Å². The fourth-order valence-corrected chi connectivity index (χ4v) is 1.74. The van der Waals surface area contributed by atoms with Gasteiger partial charge < -0.3 is 11.1 Å². The lowest BCUT2D eigenvalue weighted by atomic mass is 9.90. The van der Waals surface area contributed by atoms with Crippen molar-refractivity contribution in [3.8, 4) is 0 Å². The van der Waals surface area contributed by atoms with Crippen LogP contribution in [-0.4, -0.2) is 33.4 Å². The summed E-state index contributed by atoms with van der Waals surface area (Å²) in [5.41, 5.74) is 5.58. The Labute approximate surface area is 95.0 Å². The lowest BCUT2D eigenvalue weighted by Crippen LogP contribution is -2.52. The van der Waals surface area contributed by atoms with Crippen molar-refractivity contribution < 1.29 is 4.79 Å². The molecule has 1 heterocycles. The molecule has 1 unspecified atom stereocenters. The van der Waals surface area contributed by atoms with Gasteiger partial charge in [0.15, 0.2) is 5.69 Å². The first-order valence-corrected chi connectivity index (χ1v) is 5.35. The highest BCUT2D eigenvalue weighted by Gasteiger charge is 2.27. The standard InChI is InChI=1S/C10H19N5O/c1-7(2)4-10(3,6-11)13-9(16)8-5-12-15-14-8/h5,7H,4,6,11H2,1-3H3,(H,13,16)(H,12,14,15). The number of nitrogens with two attached hydrogens (primary N) is 1. The van der Waals surface area contributed by atoms with Crippen LogP contribution in [0.4, 0.5) is 0 Å². The zero-order valence-corrected chi connectivity index (χ0v) is 9.95. The maximum Gasteiger partial charge on any atom is 0.273 e. The molecular weight excluding hydrogens is 206 g/mol. The van der Waals surface area contributed by atoms with E-state index in [1.54, 1.807) is 0 Å². The first kappa shape index (κ1) is 12.6. The van der Waals surface area contributed by atoms with Crippen LogP contribution in [0.3, 0.4) is 0 Å². The zero-order valence-electron chi connectivity index (χ0n) is 9.95. The van der Waals surface area contributed by atoms with Gasteiger partial charge in [0, 0.05) is 6.54 Å². The van der Waals surface area contributed by atoms with Crippen molar-refractivity contribution in [2.75, 3.05) is 6.54 Å². The molecule has 0 aliphatic heterocycles. The molecule has 0 radical (unpaired) electrons. The lowest BCUT2D eigenvalue weighted by molar-refractivity contribution is 0.0893. The van der Waals surface area contributed by atoms with Crippen molar-refractivity contribution in [2.45, 2.75) is 32.7 Å². The van der Waals surface area contributed by atoms with Crippen molar-refractivity contribution in [1.82, 2.24) is 20.7 Å². The van der Waals surface area contributed by atoms with Crippen LogP contribution in [0.25, 0.3) is 0 Å². The third kappa shape index (κ3) is 3.30. The van der Waals surface area contributed by atoms with Gasteiger partial charge in [-0.2, -0.15) is 15.4 Å². The summed E-state index contributed by atoms with van der Waals surface area (Å²) in [6, 6.07) is 0. The van der Waals surface area contributed by atoms with Crippen LogP contribution in [0.1, 0.15) is 37.7 Å². The monoisotopic (exact) mass is 225 g/mol. The minimum atomic E-state index is -0.399. The normalized spacial score (nSPS) is 14.8. The van der Waals surface area contributed by atoms with E-state index in [9.17, 15) is 4.79 Å². The molecule has 1 amide bonds. The Balaban J connectivity index is 2.66. The van der Waals surface area contributed by atoms with Crippen LogP contribution in [-0.2, 0) is 0 Å². The van der Waals surface area contributed by atoms with Gasteiger partial charge in [-0.25, -0.2) is 0 Å². The first-order chi connectivity index (χ1) is 7.47. The summed E-state index contributed by atoms with van der Waals surface area (Å²) >= 11 is 0. The summed E-state index contributed by atoms with van der Waals surface area (Å²) in [5.74, 6) is 0.216. The van der Waals surface area contributed by atoms with Crippen molar-refractivity contribution >= 4 is 5.91 Å². The molecule has 0 spiro atoms. The van der Waals surface area contributed by atoms with Crippen LogP contribution in [0.15, 0.2) is 6.20 Å². The highest BCUT2D eigenvalue weighted by molar-refractivity contribution is 5.92. The minimum absolute atomic E-state index is 0.248. The van der Waals surface area contributed by atoms with Gasteiger partial charge in [-0.05, 0) is 19.3 Å². The lowest BCUT2D eigenvalue weighted by Gasteiger charge is -2.30. The molecule has 0 aliphatic carbocycles. The predicted molar refractivity (Wildman–Crippen MR) is 60.8 cm³/mol. The number of aromatic nitrogens is 3. The van der Waals surface area contributed by atoms with Gasteiger partial charge in [0.25, 0.3) is 5.91 Å². The fraction of sp³-hybridized carbons (Fsp3) is 0.700. The average Bonchev–Trinajstić information content (AvgIpc) is 2.69. The van der Waals surface area contributed by atoms with Gasteiger partial charge in [-0.1, -0.05) is 13.8 Å². The van der Waals surface area contributed by atoms with E-state index in [4.69, 9.17) is 5.73 Å². The summed E-state index contributed by atoms with van der Waals surface area (Å²) < 4.78 is 0. The Bertz CT molecular complexity index is 335. The van der Waals surface area contributed by atoms with Crippen molar-refractivity contribution in [1.29, 1.82) is 0 Å². The Morgan fingerprint density at radius 2 is 2.38 bits per heavy atom. The molecule has 0 bridgehead atoms. The highest BCUT2D eigenvalue weighted by Crippen LogP contribution is 2.15. The second kappa shape index (κ2) is 5.07. The van der Waals surface area contributed by atoms with Crippen LogP contribution in [0, 0.1) is 5.92 Å². The largest absolute Gasteiger partial charge is 0.344 e. The quantitative estimate of drug-likeness (QED) is 0.671. The summed E-state index contributed by atoms with van der Waals surface area (Å²) in [4.78, 5) is 11.8. The molecule has 0 aliphatic rings. The molecular formula is C10H19N5O. The molecule has 0 fully saturated rings. The molecule has 0 saturated heterocycles. The third-order valence-electron chi connectivity index (χ3n) is 2.37. The molecule has 1 aromatic rings.